The summed E-state index contributed by atoms with van der Waals surface area (Å²) in [5.74, 6) is 0. The SMILES string of the molecule is CCP(CC)CC[PH3+].Cl.Cl.Cl.Cl. The fourth-order valence-corrected chi connectivity index (χ4v) is 3.63. The van der Waals surface area contributed by atoms with Crippen molar-refractivity contribution in [3.8, 4) is 0 Å². The Kier molecular flexibility index (Phi) is 56.3. The summed E-state index contributed by atoms with van der Waals surface area (Å²) in [6.07, 6.45) is 5.78. The summed E-state index contributed by atoms with van der Waals surface area (Å²) < 4.78 is 0. The van der Waals surface area contributed by atoms with E-state index in [1.165, 1.54) is 24.6 Å². The Hall–Kier alpha value is 2.02. The number of halogens is 4. The van der Waals surface area contributed by atoms with Gasteiger partial charge in [-0.25, -0.2) is 0 Å². The van der Waals surface area contributed by atoms with Crippen LogP contribution in [0.15, 0.2) is 0 Å². The van der Waals surface area contributed by atoms with Crippen molar-refractivity contribution >= 4 is 66.8 Å². The first-order chi connectivity index (χ1) is 3.85. The molecule has 0 fully saturated rings. The molecular weight excluding hydrogens is 276 g/mol. The average molecular weight is 297 g/mol. The molecule has 0 rings (SSSR count). The van der Waals surface area contributed by atoms with Crippen molar-refractivity contribution in [3.63, 3.8) is 0 Å². The van der Waals surface area contributed by atoms with Crippen LogP contribution in [-0.4, -0.2) is 24.6 Å². The third-order valence-corrected chi connectivity index (χ3v) is 5.05. The van der Waals surface area contributed by atoms with Gasteiger partial charge in [0.25, 0.3) is 0 Å². The number of hydrogen-bond donors (Lipinski definition) is 0. The van der Waals surface area contributed by atoms with Crippen LogP contribution in [0.5, 0.6) is 0 Å². The van der Waals surface area contributed by atoms with Gasteiger partial charge in [0.2, 0.25) is 0 Å². The van der Waals surface area contributed by atoms with Gasteiger partial charge in [-0.2, -0.15) is 0 Å². The van der Waals surface area contributed by atoms with Crippen molar-refractivity contribution in [2.45, 2.75) is 13.8 Å². The largest absolute Gasteiger partial charge is 0.147 e. The van der Waals surface area contributed by atoms with Gasteiger partial charge in [-0.15, -0.1) is 57.5 Å². The zero-order chi connectivity index (χ0) is 6.41. The van der Waals surface area contributed by atoms with Crippen LogP contribution >= 0.6 is 66.8 Å². The van der Waals surface area contributed by atoms with E-state index in [2.05, 4.69) is 23.1 Å². The third-order valence-electron chi connectivity index (χ3n) is 1.37. The molecule has 0 aromatic heterocycles. The molecule has 6 heteroatoms. The molecule has 0 aliphatic heterocycles. The third kappa shape index (κ3) is 17.9. The quantitative estimate of drug-likeness (QED) is 0.692. The summed E-state index contributed by atoms with van der Waals surface area (Å²) in [6, 6.07) is 0. The van der Waals surface area contributed by atoms with E-state index in [9.17, 15) is 0 Å². The van der Waals surface area contributed by atoms with Gasteiger partial charge in [0, 0.05) is 6.16 Å². The molecule has 0 N–H and O–H groups in total. The molecule has 0 aliphatic carbocycles. The van der Waals surface area contributed by atoms with Gasteiger partial charge in [0.1, 0.15) is 0 Å². The maximum Gasteiger partial charge on any atom is 0.0565 e. The van der Waals surface area contributed by atoms with Crippen LogP contribution < -0.4 is 0 Å². The highest BCUT2D eigenvalue weighted by molar-refractivity contribution is 7.57. The lowest BCUT2D eigenvalue weighted by Gasteiger charge is -2.08. The van der Waals surface area contributed by atoms with Crippen LogP contribution in [-0.2, 0) is 0 Å². The van der Waals surface area contributed by atoms with Gasteiger partial charge in [0.15, 0.2) is 0 Å². The van der Waals surface area contributed by atoms with E-state index in [1.54, 1.807) is 0 Å². The topological polar surface area (TPSA) is 0 Å². The molecule has 0 aliphatic rings. The van der Waals surface area contributed by atoms with E-state index in [1.807, 2.05) is 0 Å². The zero-order valence-electron chi connectivity index (χ0n) is 7.62. The highest BCUT2D eigenvalue weighted by atomic mass is 35.5. The van der Waals surface area contributed by atoms with Gasteiger partial charge in [-0.3, -0.25) is 0 Å². The molecule has 1 atom stereocenters. The molecule has 0 bridgehead atoms. The van der Waals surface area contributed by atoms with Crippen molar-refractivity contribution in [1.82, 2.24) is 0 Å². The minimum atomic E-state index is 0. The van der Waals surface area contributed by atoms with Crippen molar-refractivity contribution in [2.24, 2.45) is 0 Å². The Morgan fingerprint density at radius 1 is 0.917 bits per heavy atom. The molecule has 82 valence electrons. The normalized spacial score (nSPS) is 7.25. The minimum absolute atomic E-state index is 0. The van der Waals surface area contributed by atoms with Crippen LogP contribution in [0.2, 0.25) is 0 Å². The summed E-state index contributed by atoms with van der Waals surface area (Å²) >= 11 is 0. The molecule has 0 aromatic rings. The predicted octanol–water partition coefficient (Wildman–Crippen LogP) is 3.80. The van der Waals surface area contributed by atoms with Gasteiger partial charge in [0.05, 0.1) is 6.16 Å². The van der Waals surface area contributed by atoms with Crippen molar-refractivity contribution in [3.05, 3.63) is 0 Å². The van der Waals surface area contributed by atoms with Crippen molar-refractivity contribution in [2.75, 3.05) is 24.6 Å². The summed E-state index contributed by atoms with van der Waals surface area (Å²) in [5, 5.41) is 0. The molecule has 0 spiro atoms. The fraction of sp³-hybridized carbons (Fsp3) is 1.00. The average Bonchev–Trinajstić information content (AvgIpc) is 1.83. The summed E-state index contributed by atoms with van der Waals surface area (Å²) in [5.41, 5.74) is 0. The first-order valence-electron chi connectivity index (χ1n) is 3.36. The Labute approximate surface area is 105 Å². The lowest BCUT2D eigenvalue weighted by molar-refractivity contribution is 1.36. The first-order valence-corrected chi connectivity index (χ1v) is 6.26. The highest BCUT2D eigenvalue weighted by Crippen LogP contribution is 2.33. The highest BCUT2D eigenvalue weighted by Gasteiger charge is 1.99. The van der Waals surface area contributed by atoms with Crippen LogP contribution in [0, 0.1) is 0 Å². The summed E-state index contributed by atoms with van der Waals surface area (Å²) in [4.78, 5) is 0. The fourth-order valence-electron chi connectivity index (χ4n) is 0.763. The Morgan fingerprint density at radius 2 is 1.25 bits per heavy atom. The lowest BCUT2D eigenvalue weighted by atomic mass is 10.9. The van der Waals surface area contributed by atoms with Crippen LogP contribution in [0.25, 0.3) is 0 Å². The maximum atomic E-state index is 2.31. The zero-order valence-corrected chi connectivity index (χ0v) is 13.2. The van der Waals surface area contributed by atoms with E-state index < -0.39 is 0 Å². The predicted molar refractivity (Wildman–Crippen MR) is 77.8 cm³/mol. The molecule has 0 nitrogen and oxygen atoms in total. The van der Waals surface area contributed by atoms with Crippen molar-refractivity contribution in [1.29, 1.82) is 0 Å². The van der Waals surface area contributed by atoms with Gasteiger partial charge in [-0.05, 0) is 21.6 Å². The molecule has 0 amide bonds. The van der Waals surface area contributed by atoms with E-state index in [-0.39, 0.29) is 49.6 Å². The van der Waals surface area contributed by atoms with Gasteiger partial charge < -0.3 is 0 Å². The lowest BCUT2D eigenvalue weighted by Crippen LogP contribution is -1.89. The molecule has 0 radical (unpaired) electrons. The molecule has 0 saturated carbocycles. The maximum absolute atomic E-state index is 2.31. The van der Waals surface area contributed by atoms with E-state index in [4.69, 9.17) is 0 Å². The standard InChI is InChI=1S/C6H16P2.4ClH/c1-3-8(4-2)6-5-7;;;;/h3-7H2,1-2H3;4*1H/p+1. The minimum Gasteiger partial charge on any atom is -0.147 e. The molecule has 12 heavy (non-hydrogen) atoms. The second-order valence-electron chi connectivity index (χ2n) is 1.88. The molecule has 0 saturated heterocycles. The second-order valence-corrected chi connectivity index (χ2v) is 5.64. The van der Waals surface area contributed by atoms with E-state index in [0.717, 1.165) is 0 Å². The Morgan fingerprint density at radius 3 is 1.33 bits per heavy atom. The summed E-state index contributed by atoms with van der Waals surface area (Å²) in [6.45, 7) is 4.63. The molecular formula is C6H21Cl4P2+. The van der Waals surface area contributed by atoms with Crippen molar-refractivity contribution < 1.29 is 0 Å². The Bertz CT molecular complexity index is 52.8. The molecule has 0 aromatic carbocycles. The summed E-state index contributed by atoms with van der Waals surface area (Å²) in [7, 11) is 2.56. The Balaban J connectivity index is -0.0000000408. The van der Waals surface area contributed by atoms with Crippen LogP contribution in [0.4, 0.5) is 0 Å². The second kappa shape index (κ2) is 23.1. The number of rotatable bonds is 4. The van der Waals surface area contributed by atoms with Gasteiger partial charge in [-0.1, -0.05) is 13.8 Å². The van der Waals surface area contributed by atoms with Crippen LogP contribution in [0.3, 0.4) is 0 Å². The number of hydrogen-bond acceptors (Lipinski definition) is 0. The van der Waals surface area contributed by atoms with Crippen LogP contribution in [0.1, 0.15) is 13.8 Å². The smallest absolute Gasteiger partial charge is 0.0565 e. The first kappa shape index (κ1) is 29.2. The van der Waals surface area contributed by atoms with E-state index >= 15 is 0 Å². The molecule has 0 heterocycles. The monoisotopic (exact) mass is 295 g/mol. The molecule has 1 unspecified atom stereocenters. The van der Waals surface area contributed by atoms with E-state index in [0.29, 0.717) is 7.92 Å². The van der Waals surface area contributed by atoms with Gasteiger partial charge >= 0.3 is 0 Å².